The molecule has 0 heterocycles. The normalized spacial score (nSPS) is 13.7. The Bertz CT molecular complexity index is 274. The van der Waals surface area contributed by atoms with Crippen molar-refractivity contribution in [3.63, 3.8) is 0 Å². The maximum Gasteiger partial charge on any atom is 0.329 e. The Labute approximate surface area is 96.6 Å². The van der Waals surface area contributed by atoms with Gasteiger partial charge in [-0.15, -0.1) is 0 Å². The van der Waals surface area contributed by atoms with Crippen molar-refractivity contribution in [2.24, 2.45) is 11.7 Å². The van der Waals surface area contributed by atoms with Crippen molar-refractivity contribution in [1.29, 1.82) is 0 Å². The van der Waals surface area contributed by atoms with Crippen LogP contribution in [0.4, 0.5) is 0 Å². The lowest BCUT2D eigenvalue weighted by molar-refractivity contribution is -0.155. The van der Waals surface area contributed by atoms with Crippen LogP contribution < -0.4 is 5.73 Å². The number of likely N-dealkylation sites (N-methyl/N-ethyl adjacent to an activating group) is 1. The summed E-state index contributed by atoms with van der Waals surface area (Å²) >= 11 is 0. The number of hydrogen-bond donors (Lipinski definition) is 2. The van der Waals surface area contributed by atoms with Gasteiger partial charge in [-0.1, -0.05) is 13.8 Å². The van der Waals surface area contributed by atoms with E-state index in [0.717, 1.165) is 0 Å². The fourth-order valence-electron chi connectivity index (χ4n) is 1.28. The molecule has 0 radical (unpaired) electrons. The van der Waals surface area contributed by atoms with Gasteiger partial charge in [0, 0.05) is 7.05 Å². The lowest BCUT2D eigenvalue weighted by Gasteiger charge is -2.33. The van der Waals surface area contributed by atoms with Gasteiger partial charge in [-0.05, 0) is 26.2 Å². The SMILES string of the molecule is CC(C)C[C@H](N)C(=O)N(C)C(C)(C)C(=O)O. The number of nitrogens with zero attached hydrogens (tertiary/aromatic N) is 1. The molecule has 1 atom stereocenters. The molecule has 3 N–H and O–H groups in total. The van der Waals surface area contributed by atoms with E-state index in [2.05, 4.69) is 0 Å². The molecule has 0 saturated carbocycles. The number of carboxylic acid groups (broad SMARTS) is 1. The zero-order valence-electron chi connectivity index (χ0n) is 10.7. The molecule has 0 rings (SSSR count). The summed E-state index contributed by atoms with van der Waals surface area (Å²) in [6.07, 6.45) is 0.554. The Hall–Kier alpha value is -1.10. The minimum absolute atomic E-state index is 0.306. The van der Waals surface area contributed by atoms with Crippen molar-refractivity contribution in [3.8, 4) is 0 Å². The summed E-state index contributed by atoms with van der Waals surface area (Å²) in [6, 6.07) is -0.636. The van der Waals surface area contributed by atoms with Gasteiger partial charge in [0.15, 0.2) is 0 Å². The fraction of sp³-hybridized carbons (Fsp3) is 0.818. The van der Waals surface area contributed by atoms with Crippen molar-refractivity contribution in [1.82, 2.24) is 4.90 Å². The number of hydrogen-bond acceptors (Lipinski definition) is 3. The summed E-state index contributed by atoms with van der Waals surface area (Å²) < 4.78 is 0. The zero-order valence-corrected chi connectivity index (χ0v) is 10.7. The Kier molecular flexibility index (Phi) is 4.93. The molecule has 0 aliphatic carbocycles. The molecule has 0 bridgehead atoms. The van der Waals surface area contributed by atoms with Gasteiger partial charge < -0.3 is 15.7 Å². The number of rotatable bonds is 5. The van der Waals surface area contributed by atoms with Crippen molar-refractivity contribution in [3.05, 3.63) is 0 Å². The highest BCUT2D eigenvalue weighted by Gasteiger charge is 2.36. The van der Waals surface area contributed by atoms with Gasteiger partial charge in [0.25, 0.3) is 0 Å². The van der Waals surface area contributed by atoms with E-state index < -0.39 is 17.6 Å². The van der Waals surface area contributed by atoms with Crippen molar-refractivity contribution >= 4 is 11.9 Å². The second-order valence-corrected chi connectivity index (χ2v) is 5.00. The molecule has 0 aromatic heterocycles. The zero-order chi connectivity index (χ0) is 13.1. The Morgan fingerprint density at radius 1 is 1.38 bits per heavy atom. The third-order valence-electron chi connectivity index (χ3n) is 2.74. The number of amides is 1. The Balaban J connectivity index is 4.67. The maximum absolute atomic E-state index is 11.9. The van der Waals surface area contributed by atoms with Crippen LogP contribution >= 0.6 is 0 Å². The second-order valence-electron chi connectivity index (χ2n) is 5.00. The largest absolute Gasteiger partial charge is 0.480 e. The first-order valence-electron chi connectivity index (χ1n) is 5.37. The predicted octanol–water partition coefficient (Wildman–Crippen LogP) is 0.681. The van der Waals surface area contributed by atoms with E-state index in [1.54, 1.807) is 0 Å². The third-order valence-corrected chi connectivity index (χ3v) is 2.74. The van der Waals surface area contributed by atoms with Gasteiger partial charge in [0.1, 0.15) is 5.54 Å². The van der Waals surface area contributed by atoms with Gasteiger partial charge in [0.05, 0.1) is 6.04 Å². The van der Waals surface area contributed by atoms with Crippen LogP contribution in [0.5, 0.6) is 0 Å². The summed E-state index contributed by atoms with van der Waals surface area (Å²) in [4.78, 5) is 24.0. The average molecular weight is 230 g/mol. The standard InChI is InChI=1S/C11H22N2O3/c1-7(2)6-8(12)9(14)13(5)11(3,4)10(15)16/h7-8H,6,12H2,1-5H3,(H,15,16)/t8-/m0/s1. The molecule has 0 saturated heterocycles. The molecule has 0 aliphatic rings. The number of carbonyl (C=O) groups is 2. The number of carboxylic acids is 1. The first-order valence-corrected chi connectivity index (χ1v) is 5.37. The molecule has 0 unspecified atom stereocenters. The molecular formula is C11H22N2O3. The summed E-state index contributed by atoms with van der Waals surface area (Å²) in [7, 11) is 1.47. The molecule has 0 fully saturated rings. The third kappa shape index (κ3) is 3.48. The van der Waals surface area contributed by atoms with E-state index in [0.29, 0.717) is 12.3 Å². The van der Waals surface area contributed by atoms with E-state index >= 15 is 0 Å². The van der Waals surface area contributed by atoms with Crippen molar-refractivity contribution < 1.29 is 14.7 Å². The lowest BCUT2D eigenvalue weighted by Crippen LogP contribution is -2.55. The molecule has 94 valence electrons. The summed E-state index contributed by atoms with van der Waals surface area (Å²) in [5.41, 5.74) is 4.50. The summed E-state index contributed by atoms with van der Waals surface area (Å²) in [5, 5.41) is 8.99. The maximum atomic E-state index is 11.9. The van der Waals surface area contributed by atoms with Gasteiger partial charge in [-0.2, -0.15) is 0 Å². The minimum Gasteiger partial charge on any atom is -0.480 e. The van der Waals surface area contributed by atoms with Crippen LogP contribution in [-0.4, -0.2) is 40.5 Å². The number of nitrogens with two attached hydrogens (primary N) is 1. The topological polar surface area (TPSA) is 83.6 Å². The molecule has 0 aromatic rings. The Morgan fingerprint density at radius 2 is 1.81 bits per heavy atom. The molecule has 1 amide bonds. The van der Waals surface area contributed by atoms with Gasteiger partial charge >= 0.3 is 5.97 Å². The first-order chi connectivity index (χ1) is 7.10. The average Bonchev–Trinajstić information content (AvgIpc) is 2.13. The summed E-state index contributed by atoms with van der Waals surface area (Å²) in [6.45, 7) is 6.90. The fourth-order valence-corrected chi connectivity index (χ4v) is 1.28. The molecule has 16 heavy (non-hydrogen) atoms. The summed E-state index contributed by atoms with van der Waals surface area (Å²) in [5.74, 6) is -1.07. The van der Waals surface area contributed by atoms with Crippen LogP contribution in [0.15, 0.2) is 0 Å². The highest BCUT2D eigenvalue weighted by molar-refractivity contribution is 5.88. The highest BCUT2D eigenvalue weighted by atomic mass is 16.4. The van der Waals surface area contributed by atoms with E-state index in [-0.39, 0.29) is 5.91 Å². The predicted molar refractivity (Wildman–Crippen MR) is 61.9 cm³/mol. The van der Waals surface area contributed by atoms with Crippen LogP contribution in [0.2, 0.25) is 0 Å². The highest BCUT2D eigenvalue weighted by Crippen LogP contribution is 2.15. The lowest BCUT2D eigenvalue weighted by atomic mass is 9.99. The molecule has 5 nitrogen and oxygen atoms in total. The number of aliphatic carboxylic acids is 1. The van der Waals surface area contributed by atoms with Gasteiger partial charge in [0.2, 0.25) is 5.91 Å². The van der Waals surface area contributed by atoms with E-state index in [1.807, 2.05) is 13.8 Å². The van der Waals surface area contributed by atoms with Crippen LogP contribution in [-0.2, 0) is 9.59 Å². The second kappa shape index (κ2) is 5.30. The molecular weight excluding hydrogens is 208 g/mol. The van der Waals surface area contributed by atoms with Crippen LogP contribution in [0.3, 0.4) is 0 Å². The molecule has 0 spiro atoms. The first kappa shape index (κ1) is 14.9. The smallest absolute Gasteiger partial charge is 0.329 e. The van der Waals surface area contributed by atoms with Crippen molar-refractivity contribution in [2.45, 2.75) is 45.7 Å². The van der Waals surface area contributed by atoms with Crippen LogP contribution in [0, 0.1) is 5.92 Å². The van der Waals surface area contributed by atoms with Crippen molar-refractivity contribution in [2.75, 3.05) is 7.05 Å². The van der Waals surface area contributed by atoms with E-state index in [4.69, 9.17) is 10.8 Å². The Morgan fingerprint density at radius 3 is 2.12 bits per heavy atom. The quantitative estimate of drug-likeness (QED) is 0.727. The monoisotopic (exact) mass is 230 g/mol. The van der Waals surface area contributed by atoms with Gasteiger partial charge in [-0.3, -0.25) is 4.79 Å². The molecule has 5 heteroatoms. The van der Waals surface area contributed by atoms with E-state index in [1.165, 1.54) is 25.8 Å². The molecule has 0 aromatic carbocycles. The minimum atomic E-state index is -1.23. The number of carbonyl (C=O) groups excluding carboxylic acids is 1. The van der Waals surface area contributed by atoms with Crippen LogP contribution in [0.25, 0.3) is 0 Å². The van der Waals surface area contributed by atoms with Crippen LogP contribution in [0.1, 0.15) is 34.1 Å². The molecule has 0 aliphatic heterocycles. The van der Waals surface area contributed by atoms with Gasteiger partial charge in [-0.25, -0.2) is 4.79 Å². The van der Waals surface area contributed by atoms with E-state index in [9.17, 15) is 9.59 Å².